The summed E-state index contributed by atoms with van der Waals surface area (Å²) in [4.78, 5) is 38.0. The fourth-order valence-corrected chi connectivity index (χ4v) is 3.75. The van der Waals surface area contributed by atoms with Gasteiger partial charge in [-0.1, -0.05) is 57.9 Å². The van der Waals surface area contributed by atoms with Crippen LogP contribution in [0.3, 0.4) is 0 Å². The first-order valence-electron chi connectivity index (χ1n) is 8.25. The number of nitrogens with zero attached hydrogens (tertiary/aromatic N) is 1. The second-order valence-corrected chi connectivity index (χ2v) is 7.99. The summed E-state index contributed by atoms with van der Waals surface area (Å²) in [5.74, 6) is -0.822. The first-order chi connectivity index (χ1) is 12.9. The highest BCUT2D eigenvalue weighted by molar-refractivity contribution is 9.10. The van der Waals surface area contributed by atoms with Crippen LogP contribution in [0.2, 0.25) is 0 Å². The van der Waals surface area contributed by atoms with Crippen LogP contribution in [-0.4, -0.2) is 28.5 Å². The van der Waals surface area contributed by atoms with Crippen LogP contribution >= 0.6 is 27.7 Å². The minimum atomic E-state index is -0.449. The summed E-state index contributed by atoms with van der Waals surface area (Å²) in [6.45, 7) is 2.05. The summed E-state index contributed by atoms with van der Waals surface area (Å²) in [5.41, 5.74) is 2.90. The number of halogens is 1. The van der Waals surface area contributed by atoms with Crippen molar-refractivity contribution < 1.29 is 14.4 Å². The van der Waals surface area contributed by atoms with Crippen molar-refractivity contribution in [1.82, 2.24) is 10.2 Å². The zero-order chi connectivity index (χ0) is 19.4. The van der Waals surface area contributed by atoms with E-state index in [4.69, 9.17) is 0 Å². The highest BCUT2D eigenvalue weighted by Gasteiger charge is 2.36. The van der Waals surface area contributed by atoms with Crippen molar-refractivity contribution >= 4 is 50.8 Å². The Balaban J connectivity index is 1.61. The van der Waals surface area contributed by atoms with Crippen molar-refractivity contribution in [3.63, 3.8) is 0 Å². The average Bonchev–Trinajstić information content (AvgIpc) is 2.89. The van der Waals surface area contributed by atoms with Crippen molar-refractivity contribution in [1.29, 1.82) is 0 Å². The van der Waals surface area contributed by atoms with Crippen LogP contribution < -0.4 is 5.32 Å². The Labute approximate surface area is 169 Å². The van der Waals surface area contributed by atoms with Gasteiger partial charge in [-0.3, -0.25) is 19.3 Å². The molecule has 2 aromatic rings. The van der Waals surface area contributed by atoms with Crippen LogP contribution in [0.1, 0.15) is 16.7 Å². The summed E-state index contributed by atoms with van der Waals surface area (Å²) in [7, 11) is 0. The summed E-state index contributed by atoms with van der Waals surface area (Å²) in [6, 6.07) is 15.2. The largest absolute Gasteiger partial charge is 0.350 e. The maximum absolute atomic E-state index is 12.5. The normalized spacial score (nSPS) is 15.5. The zero-order valence-corrected chi connectivity index (χ0v) is 17.0. The number of carbonyl (C=O) groups excluding carboxylic acids is 3. The molecular weight excluding hydrogens is 428 g/mol. The van der Waals surface area contributed by atoms with Gasteiger partial charge < -0.3 is 5.32 Å². The minimum absolute atomic E-state index is 0.285. The summed E-state index contributed by atoms with van der Waals surface area (Å²) in [5, 5.41) is 2.30. The molecular formula is C20H17BrN2O3S. The van der Waals surface area contributed by atoms with Gasteiger partial charge in [0.15, 0.2) is 0 Å². The monoisotopic (exact) mass is 444 g/mol. The lowest BCUT2D eigenvalue weighted by molar-refractivity contribution is -0.129. The van der Waals surface area contributed by atoms with E-state index in [1.807, 2.05) is 55.5 Å². The molecule has 7 heteroatoms. The fraction of sp³-hybridized carbons (Fsp3) is 0.150. The number of rotatable bonds is 5. The Hall–Kier alpha value is -2.38. The molecule has 1 fully saturated rings. The van der Waals surface area contributed by atoms with Gasteiger partial charge in [-0.15, -0.1) is 0 Å². The van der Waals surface area contributed by atoms with Gasteiger partial charge in [-0.2, -0.15) is 0 Å². The second-order valence-electron chi connectivity index (χ2n) is 6.09. The molecule has 138 valence electrons. The number of amides is 3. The van der Waals surface area contributed by atoms with Crippen LogP contribution in [0.25, 0.3) is 6.08 Å². The smallest absolute Gasteiger partial charge is 0.294 e. The van der Waals surface area contributed by atoms with Crippen LogP contribution in [0, 0.1) is 6.92 Å². The standard InChI is InChI=1S/C20H17BrN2O3S/c1-13-5-7-14(8-6-13)11-22-18(24)12-23-19(25)17(27-20(23)26)10-15-3-2-4-16(21)9-15/h2-10H,11-12H2,1H3,(H,22,24)/b17-10-. The maximum atomic E-state index is 12.5. The Bertz CT molecular complexity index is 925. The molecule has 0 spiro atoms. The molecule has 1 N–H and O–H groups in total. The van der Waals surface area contributed by atoms with Gasteiger partial charge in [0.1, 0.15) is 6.54 Å². The molecule has 5 nitrogen and oxygen atoms in total. The van der Waals surface area contributed by atoms with Gasteiger partial charge in [0.05, 0.1) is 4.91 Å². The predicted molar refractivity (Wildman–Crippen MR) is 110 cm³/mol. The van der Waals surface area contributed by atoms with Crippen molar-refractivity contribution in [2.24, 2.45) is 0 Å². The van der Waals surface area contributed by atoms with Crippen molar-refractivity contribution in [3.05, 3.63) is 74.6 Å². The molecule has 0 radical (unpaired) electrons. The molecule has 1 aliphatic heterocycles. The molecule has 0 atom stereocenters. The topological polar surface area (TPSA) is 66.5 Å². The molecule has 0 saturated carbocycles. The lowest BCUT2D eigenvalue weighted by Gasteiger charge is -2.12. The molecule has 1 heterocycles. The van der Waals surface area contributed by atoms with Crippen molar-refractivity contribution in [3.8, 4) is 0 Å². The van der Waals surface area contributed by atoms with Crippen LogP contribution in [0.15, 0.2) is 57.9 Å². The third kappa shape index (κ3) is 5.08. The van der Waals surface area contributed by atoms with E-state index in [1.165, 1.54) is 0 Å². The Morgan fingerprint density at radius 1 is 1.19 bits per heavy atom. The lowest BCUT2D eigenvalue weighted by atomic mass is 10.1. The van der Waals surface area contributed by atoms with E-state index in [0.29, 0.717) is 11.4 Å². The van der Waals surface area contributed by atoms with Gasteiger partial charge in [0.25, 0.3) is 11.1 Å². The minimum Gasteiger partial charge on any atom is -0.350 e. The molecule has 0 unspecified atom stereocenters. The number of hydrogen-bond donors (Lipinski definition) is 1. The summed E-state index contributed by atoms with van der Waals surface area (Å²) >= 11 is 4.22. The fourth-order valence-electron chi connectivity index (χ4n) is 2.49. The second kappa shape index (κ2) is 8.54. The van der Waals surface area contributed by atoms with Crippen molar-refractivity contribution in [2.75, 3.05) is 6.54 Å². The summed E-state index contributed by atoms with van der Waals surface area (Å²) < 4.78 is 0.881. The number of aryl methyl sites for hydroxylation is 1. The van der Waals surface area contributed by atoms with E-state index in [-0.39, 0.29) is 12.5 Å². The third-order valence-electron chi connectivity index (χ3n) is 3.93. The number of imide groups is 1. The molecule has 0 bridgehead atoms. The van der Waals surface area contributed by atoms with Crippen LogP contribution in [0.5, 0.6) is 0 Å². The van der Waals surface area contributed by atoms with E-state index in [1.54, 1.807) is 6.08 Å². The lowest BCUT2D eigenvalue weighted by Crippen LogP contribution is -2.39. The molecule has 0 aromatic heterocycles. The third-order valence-corrected chi connectivity index (χ3v) is 5.33. The van der Waals surface area contributed by atoms with E-state index >= 15 is 0 Å². The van der Waals surface area contributed by atoms with E-state index < -0.39 is 11.1 Å². The first-order valence-corrected chi connectivity index (χ1v) is 9.86. The van der Waals surface area contributed by atoms with E-state index in [0.717, 1.165) is 37.8 Å². The molecule has 3 amide bonds. The van der Waals surface area contributed by atoms with Gasteiger partial charge in [0, 0.05) is 11.0 Å². The molecule has 27 heavy (non-hydrogen) atoms. The highest BCUT2D eigenvalue weighted by Crippen LogP contribution is 2.32. The Morgan fingerprint density at radius 3 is 2.63 bits per heavy atom. The molecule has 2 aromatic carbocycles. The number of hydrogen-bond acceptors (Lipinski definition) is 4. The first kappa shape index (κ1) is 19.4. The van der Waals surface area contributed by atoms with Gasteiger partial charge in [0.2, 0.25) is 5.91 Å². The molecule has 1 aliphatic rings. The number of carbonyl (C=O) groups is 3. The van der Waals surface area contributed by atoms with E-state index in [2.05, 4.69) is 21.2 Å². The Kier molecular flexibility index (Phi) is 6.13. The van der Waals surface area contributed by atoms with Gasteiger partial charge in [-0.25, -0.2) is 0 Å². The number of benzene rings is 2. The van der Waals surface area contributed by atoms with E-state index in [9.17, 15) is 14.4 Å². The highest BCUT2D eigenvalue weighted by atomic mass is 79.9. The maximum Gasteiger partial charge on any atom is 0.294 e. The molecule has 1 saturated heterocycles. The van der Waals surface area contributed by atoms with Crippen LogP contribution in [-0.2, 0) is 16.1 Å². The number of thioether (sulfide) groups is 1. The SMILES string of the molecule is Cc1ccc(CNC(=O)CN2C(=O)S/C(=C\c3cccc(Br)c3)C2=O)cc1. The quantitative estimate of drug-likeness (QED) is 0.704. The van der Waals surface area contributed by atoms with Gasteiger partial charge in [-0.05, 0) is 48.0 Å². The van der Waals surface area contributed by atoms with Crippen LogP contribution in [0.4, 0.5) is 4.79 Å². The average molecular weight is 445 g/mol. The predicted octanol–water partition coefficient (Wildman–Crippen LogP) is 4.11. The zero-order valence-electron chi connectivity index (χ0n) is 14.6. The molecule has 0 aliphatic carbocycles. The number of nitrogens with one attached hydrogen (secondary N) is 1. The Morgan fingerprint density at radius 2 is 1.93 bits per heavy atom. The molecule has 3 rings (SSSR count). The summed E-state index contributed by atoms with van der Waals surface area (Å²) in [6.07, 6.45) is 1.65. The van der Waals surface area contributed by atoms with Crippen molar-refractivity contribution in [2.45, 2.75) is 13.5 Å². The van der Waals surface area contributed by atoms with Gasteiger partial charge >= 0.3 is 0 Å².